The van der Waals surface area contributed by atoms with Crippen molar-refractivity contribution in [2.45, 2.75) is 25.5 Å². The first-order valence-electron chi connectivity index (χ1n) is 4.19. The van der Waals surface area contributed by atoms with E-state index in [1.165, 1.54) is 0 Å². The van der Waals surface area contributed by atoms with Gasteiger partial charge >= 0.3 is 7.60 Å². The Morgan fingerprint density at radius 3 is 2.00 bits per heavy atom. The summed E-state index contributed by atoms with van der Waals surface area (Å²) in [7, 11) is -3.78. The summed E-state index contributed by atoms with van der Waals surface area (Å²) in [5.74, 6) is -0.649. The van der Waals surface area contributed by atoms with Gasteiger partial charge in [-0.1, -0.05) is 11.6 Å². The zero-order valence-corrected chi connectivity index (χ0v) is 10.1. The second-order valence-electron chi connectivity index (χ2n) is 2.56. The van der Waals surface area contributed by atoms with Crippen LogP contribution in [0.4, 0.5) is 0 Å². The summed E-state index contributed by atoms with van der Waals surface area (Å²) in [6, 6.07) is 0. The zero-order chi connectivity index (χ0) is 11.4. The minimum Gasteiger partial charge on any atom is -0.306 e. The van der Waals surface area contributed by atoms with Crippen LogP contribution in [0.5, 0.6) is 0 Å². The fourth-order valence-corrected chi connectivity index (χ4v) is 2.57. The highest BCUT2D eigenvalue weighted by Crippen LogP contribution is 2.59. The van der Waals surface area contributed by atoms with E-state index < -0.39 is 18.1 Å². The highest BCUT2D eigenvalue weighted by atomic mass is 35.5. The lowest BCUT2D eigenvalue weighted by Crippen LogP contribution is -2.41. The largest absolute Gasteiger partial charge is 0.373 e. The number of hydrogen-bond acceptors (Lipinski definition) is 5. The molecule has 0 radical (unpaired) electrons. The molecule has 0 aliphatic carbocycles. The molecule has 84 valence electrons. The fraction of sp³-hybridized carbons (Fsp3) is 0.857. The lowest BCUT2D eigenvalue weighted by atomic mass is 10.4. The van der Waals surface area contributed by atoms with Crippen LogP contribution in [0, 0.1) is 0 Å². The van der Waals surface area contributed by atoms with E-state index in [1.54, 1.807) is 13.8 Å². The molecule has 0 heterocycles. The lowest BCUT2D eigenvalue weighted by Gasteiger charge is -2.27. The molecule has 14 heavy (non-hydrogen) atoms. The Bertz CT molecular complexity index is 246. The SMILES string of the molecule is CCOP(=O)(OCC)C(N)(Cl)C(C)=O. The normalized spacial score (nSPS) is 16.4. The second kappa shape index (κ2) is 5.24. The minimum absolute atomic E-state index is 0.107. The van der Waals surface area contributed by atoms with Crippen molar-refractivity contribution in [3.05, 3.63) is 0 Å². The van der Waals surface area contributed by atoms with Crippen LogP contribution in [0.2, 0.25) is 0 Å². The van der Waals surface area contributed by atoms with Crippen LogP contribution in [0.1, 0.15) is 20.8 Å². The highest BCUT2D eigenvalue weighted by Gasteiger charge is 2.50. The summed E-state index contributed by atoms with van der Waals surface area (Å²) >= 11 is 5.65. The average Bonchev–Trinajstić information content (AvgIpc) is 2.04. The van der Waals surface area contributed by atoms with E-state index in [0.29, 0.717) is 0 Å². The van der Waals surface area contributed by atoms with Gasteiger partial charge in [-0.05, 0) is 20.8 Å². The number of Topliss-reactive ketones (excluding diaryl/α,β-unsaturated/α-hetero) is 1. The Kier molecular flexibility index (Phi) is 5.26. The van der Waals surface area contributed by atoms with Crippen molar-refractivity contribution < 1.29 is 18.4 Å². The molecule has 0 aliphatic heterocycles. The smallest absolute Gasteiger partial charge is 0.306 e. The first kappa shape index (κ1) is 14.1. The van der Waals surface area contributed by atoms with Crippen LogP contribution in [0.15, 0.2) is 0 Å². The van der Waals surface area contributed by atoms with Crippen LogP contribution in [-0.4, -0.2) is 23.7 Å². The average molecular weight is 244 g/mol. The van der Waals surface area contributed by atoms with E-state index in [1.807, 2.05) is 0 Å². The van der Waals surface area contributed by atoms with E-state index >= 15 is 0 Å². The first-order valence-corrected chi connectivity index (χ1v) is 6.12. The Hall–Kier alpha value is 0.0700. The Labute approximate surface area is 88.4 Å². The molecular weight excluding hydrogens is 229 g/mol. The second-order valence-corrected chi connectivity index (χ2v) is 5.64. The molecule has 0 saturated carbocycles. The molecule has 0 rings (SSSR count). The van der Waals surface area contributed by atoms with Gasteiger partial charge in [0.2, 0.25) is 0 Å². The van der Waals surface area contributed by atoms with Gasteiger partial charge in [-0.15, -0.1) is 0 Å². The van der Waals surface area contributed by atoms with E-state index in [0.717, 1.165) is 6.92 Å². The standard InChI is InChI=1S/C7H15ClNO4P/c1-4-12-14(11,13-5-2)7(8,9)6(3)10/h4-5,9H2,1-3H3. The molecule has 1 atom stereocenters. The predicted molar refractivity (Wildman–Crippen MR) is 54.3 cm³/mol. The van der Waals surface area contributed by atoms with E-state index in [4.69, 9.17) is 26.4 Å². The molecule has 0 spiro atoms. The van der Waals surface area contributed by atoms with Gasteiger partial charge in [0.15, 0.2) is 5.78 Å². The van der Waals surface area contributed by atoms with Crippen molar-refractivity contribution in [1.82, 2.24) is 0 Å². The minimum atomic E-state index is -3.78. The molecule has 0 fully saturated rings. The maximum absolute atomic E-state index is 12.0. The number of rotatable bonds is 6. The van der Waals surface area contributed by atoms with E-state index in [-0.39, 0.29) is 13.2 Å². The summed E-state index contributed by atoms with van der Waals surface area (Å²) in [4.78, 5) is 11.1. The van der Waals surface area contributed by atoms with Crippen molar-refractivity contribution in [1.29, 1.82) is 0 Å². The van der Waals surface area contributed by atoms with E-state index in [2.05, 4.69) is 0 Å². The maximum Gasteiger partial charge on any atom is 0.373 e. The molecule has 0 aromatic rings. The summed E-state index contributed by atoms with van der Waals surface area (Å²) in [6.45, 7) is 4.57. The third-order valence-corrected chi connectivity index (χ3v) is 4.69. The third kappa shape index (κ3) is 2.78. The molecular formula is C7H15ClNO4P. The van der Waals surface area contributed by atoms with Gasteiger partial charge < -0.3 is 9.05 Å². The monoisotopic (exact) mass is 243 g/mol. The molecule has 0 aromatic heterocycles. The Morgan fingerprint density at radius 2 is 1.79 bits per heavy atom. The number of ketones is 1. The van der Waals surface area contributed by atoms with Gasteiger partial charge in [-0.2, -0.15) is 0 Å². The topological polar surface area (TPSA) is 78.6 Å². The summed E-state index contributed by atoms with van der Waals surface area (Å²) in [5.41, 5.74) is 5.41. The number of halogens is 1. The van der Waals surface area contributed by atoms with Gasteiger partial charge in [-0.3, -0.25) is 15.1 Å². The quantitative estimate of drug-likeness (QED) is 0.436. The predicted octanol–water partition coefficient (Wildman–Crippen LogP) is 1.69. The maximum atomic E-state index is 12.0. The fourth-order valence-electron chi connectivity index (χ4n) is 0.758. The van der Waals surface area contributed by atoms with Gasteiger partial charge in [0.25, 0.3) is 4.74 Å². The van der Waals surface area contributed by atoms with Gasteiger partial charge in [0.05, 0.1) is 13.2 Å². The number of hydrogen-bond donors (Lipinski definition) is 1. The summed E-state index contributed by atoms with van der Waals surface area (Å²) < 4.78 is 19.6. The van der Waals surface area contributed by atoms with E-state index in [9.17, 15) is 9.36 Å². The number of nitrogens with two attached hydrogens (primary N) is 1. The molecule has 0 saturated heterocycles. The van der Waals surface area contributed by atoms with Crippen LogP contribution in [0.25, 0.3) is 0 Å². The van der Waals surface area contributed by atoms with Crippen molar-refractivity contribution in [2.75, 3.05) is 13.2 Å². The first-order chi connectivity index (χ1) is 6.31. The Morgan fingerprint density at radius 1 is 1.43 bits per heavy atom. The molecule has 0 aliphatic rings. The van der Waals surface area contributed by atoms with Gasteiger partial charge in [0, 0.05) is 0 Å². The van der Waals surface area contributed by atoms with Crippen LogP contribution < -0.4 is 5.73 Å². The Balaban J connectivity index is 4.99. The summed E-state index contributed by atoms with van der Waals surface area (Å²) in [5, 5.41) is 0. The van der Waals surface area contributed by atoms with Crippen molar-refractivity contribution in [2.24, 2.45) is 5.73 Å². The third-order valence-electron chi connectivity index (χ3n) is 1.49. The highest BCUT2D eigenvalue weighted by molar-refractivity contribution is 7.59. The van der Waals surface area contributed by atoms with Crippen LogP contribution in [-0.2, 0) is 18.4 Å². The van der Waals surface area contributed by atoms with Crippen molar-refractivity contribution in [3.8, 4) is 0 Å². The van der Waals surface area contributed by atoms with Crippen molar-refractivity contribution >= 4 is 25.0 Å². The molecule has 5 nitrogen and oxygen atoms in total. The van der Waals surface area contributed by atoms with Gasteiger partial charge in [0.1, 0.15) is 0 Å². The number of carbonyl (C=O) groups excluding carboxylic acids is 1. The van der Waals surface area contributed by atoms with Crippen LogP contribution >= 0.6 is 19.2 Å². The van der Waals surface area contributed by atoms with Crippen LogP contribution in [0.3, 0.4) is 0 Å². The molecule has 0 amide bonds. The number of alkyl halides is 1. The zero-order valence-electron chi connectivity index (χ0n) is 8.45. The molecule has 2 N–H and O–H groups in total. The van der Waals surface area contributed by atoms with Crippen molar-refractivity contribution in [3.63, 3.8) is 0 Å². The lowest BCUT2D eigenvalue weighted by molar-refractivity contribution is -0.118. The van der Waals surface area contributed by atoms with Gasteiger partial charge in [-0.25, -0.2) is 0 Å². The summed E-state index contributed by atoms with van der Waals surface area (Å²) in [6.07, 6.45) is 0. The molecule has 0 bridgehead atoms. The number of carbonyl (C=O) groups is 1. The molecule has 0 aromatic carbocycles. The molecule has 7 heteroatoms. The molecule has 1 unspecified atom stereocenters.